The van der Waals surface area contributed by atoms with Crippen LogP contribution in [-0.4, -0.2) is 29.3 Å². The normalized spacial score (nSPS) is 23.1. The summed E-state index contributed by atoms with van der Waals surface area (Å²) in [5, 5.41) is 2.36. The molecule has 0 bridgehead atoms. The number of amides is 4. The fourth-order valence-corrected chi connectivity index (χ4v) is 2.80. The van der Waals surface area contributed by atoms with E-state index in [1.165, 1.54) is 4.90 Å². The number of hydrogen-bond acceptors (Lipinski definition) is 3. The van der Waals surface area contributed by atoms with E-state index in [1.807, 2.05) is 0 Å². The van der Waals surface area contributed by atoms with Gasteiger partial charge in [0, 0.05) is 6.54 Å². The maximum absolute atomic E-state index is 12.5. The lowest BCUT2D eigenvalue weighted by Gasteiger charge is -2.37. The van der Waals surface area contributed by atoms with Gasteiger partial charge in [0.25, 0.3) is 0 Å². The predicted octanol–water partition coefficient (Wildman–Crippen LogP) is 2.06. The topological polar surface area (TPSA) is 66.5 Å². The zero-order valence-electron chi connectivity index (χ0n) is 11.9. The molecule has 19 heavy (non-hydrogen) atoms. The molecule has 2 aliphatic rings. The summed E-state index contributed by atoms with van der Waals surface area (Å²) in [7, 11) is 0. The Morgan fingerprint density at radius 3 is 2.26 bits per heavy atom. The first-order valence-electron chi connectivity index (χ1n) is 6.94. The van der Waals surface area contributed by atoms with Crippen molar-refractivity contribution in [3.63, 3.8) is 0 Å². The Kier molecular flexibility index (Phi) is 3.41. The smallest absolute Gasteiger partial charge is 0.277 e. The summed E-state index contributed by atoms with van der Waals surface area (Å²) in [6.45, 7) is 6.57. The minimum Gasteiger partial charge on any atom is -0.277 e. The molecule has 1 aliphatic heterocycles. The summed E-state index contributed by atoms with van der Waals surface area (Å²) < 4.78 is 0. The van der Waals surface area contributed by atoms with E-state index < -0.39 is 17.4 Å². The first-order valence-corrected chi connectivity index (χ1v) is 6.94. The van der Waals surface area contributed by atoms with Gasteiger partial charge in [-0.05, 0) is 24.7 Å². The van der Waals surface area contributed by atoms with Crippen molar-refractivity contribution in [1.82, 2.24) is 10.2 Å². The Morgan fingerprint density at radius 2 is 1.74 bits per heavy atom. The molecule has 2 fully saturated rings. The molecule has 0 unspecified atom stereocenters. The molecule has 4 amide bonds. The molecule has 0 aromatic rings. The second-order valence-corrected chi connectivity index (χ2v) is 6.82. The average Bonchev–Trinajstić information content (AvgIpc) is 2.75. The van der Waals surface area contributed by atoms with Crippen molar-refractivity contribution in [2.24, 2.45) is 10.8 Å². The van der Waals surface area contributed by atoms with Gasteiger partial charge in [0.05, 0.1) is 0 Å². The maximum Gasteiger partial charge on any atom is 0.330 e. The third-order valence-corrected chi connectivity index (χ3v) is 4.10. The number of urea groups is 1. The van der Waals surface area contributed by atoms with E-state index in [0.29, 0.717) is 19.4 Å². The molecule has 0 radical (unpaired) electrons. The van der Waals surface area contributed by atoms with E-state index in [1.54, 1.807) is 0 Å². The van der Waals surface area contributed by atoms with Crippen molar-refractivity contribution < 1.29 is 14.4 Å². The van der Waals surface area contributed by atoms with E-state index in [9.17, 15) is 14.4 Å². The van der Waals surface area contributed by atoms with Crippen molar-refractivity contribution in [2.45, 2.75) is 52.9 Å². The molecule has 0 atom stereocenters. The Balaban J connectivity index is 2.17. The lowest BCUT2D eigenvalue weighted by molar-refractivity contribution is -0.151. The summed E-state index contributed by atoms with van der Waals surface area (Å²) in [5.41, 5.74) is -0.920. The zero-order valence-corrected chi connectivity index (χ0v) is 11.9. The summed E-state index contributed by atoms with van der Waals surface area (Å²) >= 11 is 0. The molecule has 1 aliphatic carbocycles. The van der Waals surface area contributed by atoms with E-state index in [0.717, 1.165) is 19.3 Å². The maximum atomic E-state index is 12.5. The average molecular weight is 266 g/mol. The molecule has 106 valence electrons. The monoisotopic (exact) mass is 266 g/mol. The van der Waals surface area contributed by atoms with Gasteiger partial charge in [-0.1, -0.05) is 33.6 Å². The highest BCUT2D eigenvalue weighted by atomic mass is 16.2. The summed E-state index contributed by atoms with van der Waals surface area (Å²) in [5.74, 6) is -0.685. The third-order valence-electron chi connectivity index (χ3n) is 4.10. The number of nitrogens with zero attached hydrogens (tertiary/aromatic N) is 1. The lowest BCUT2D eigenvalue weighted by Crippen LogP contribution is -2.63. The van der Waals surface area contributed by atoms with E-state index >= 15 is 0 Å². The minimum absolute atomic E-state index is 0.0465. The van der Waals surface area contributed by atoms with Gasteiger partial charge in [0.1, 0.15) is 5.41 Å². The summed E-state index contributed by atoms with van der Waals surface area (Å²) in [6.07, 6.45) is 3.62. The molecule has 0 aromatic carbocycles. The number of rotatable bonds is 2. The highest BCUT2D eigenvalue weighted by Gasteiger charge is 2.54. The molecular formula is C14H22N2O3. The molecule has 2 rings (SSSR count). The predicted molar refractivity (Wildman–Crippen MR) is 70.2 cm³/mol. The number of imide groups is 2. The van der Waals surface area contributed by atoms with Crippen molar-refractivity contribution in [2.75, 3.05) is 6.54 Å². The molecule has 1 heterocycles. The minimum atomic E-state index is -0.966. The fourth-order valence-electron chi connectivity index (χ4n) is 2.80. The second-order valence-electron chi connectivity index (χ2n) is 6.82. The van der Waals surface area contributed by atoms with Crippen LogP contribution in [0.2, 0.25) is 0 Å². The van der Waals surface area contributed by atoms with Crippen molar-refractivity contribution >= 4 is 17.8 Å². The standard InChI is InChI=1S/C14H22N2O3/c1-13(2,3)8-9-16-11(18)14(6-4-5-7-14)10(17)15-12(16)19/h4-9H2,1-3H3,(H,15,17,19). The van der Waals surface area contributed by atoms with Crippen LogP contribution < -0.4 is 5.32 Å². The Labute approximate surface area is 113 Å². The number of barbiturate groups is 1. The largest absolute Gasteiger partial charge is 0.330 e. The highest BCUT2D eigenvalue weighted by molar-refractivity contribution is 6.19. The number of hydrogen-bond donors (Lipinski definition) is 1. The van der Waals surface area contributed by atoms with Crippen LogP contribution in [0.3, 0.4) is 0 Å². The van der Waals surface area contributed by atoms with Gasteiger partial charge in [-0.2, -0.15) is 0 Å². The van der Waals surface area contributed by atoms with E-state index in [2.05, 4.69) is 26.1 Å². The van der Waals surface area contributed by atoms with Crippen LogP contribution >= 0.6 is 0 Å². The van der Waals surface area contributed by atoms with E-state index in [4.69, 9.17) is 0 Å². The molecule has 1 N–H and O–H groups in total. The quantitative estimate of drug-likeness (QED) is 0.778. The Bertz CT molecular complexity index is 417. The van der Waals surface area contributed by atoms with Crippen LogP contribution in [-0.2, 0) is 9.59 Å². The van der Waals surface area contributed by atoms with Gasteiger partial charge < -0.3 is 0 Å². The molecule has 0 aromatic heterocycles. The number of carbonyl (C=O) groups excluding carboxylic acids is 3. The van der Waals surface area contributed by atoms with Gasteiger partial charge in [-0.25, -0.2) is 4.79 Å². The first kappa shape index (κ1) is 14.0. The van der Waals surface area contributed by atoms with E-state index in [-0.39, 0.29) is 11.3 Å². The first-order chi connectivity index (χ1) is 8.76. The number of nitrogens with one attached hydrogen (secondary N) is 1. The summed E-state index contributed by atoms with van der Waals surface area (Å²) in [6, 6.07) is -0.559. The van der Waals surface area contributed by atoms with Crippen molar-refractivity contribution in [3.05, 3.63) is 0 Å². The molecular weight excluding hydrogens is 244 g/mol. The van der Waals surface area contributed by atoms with Gasteiger partial charge in [0.2, 0.25) is 11.8 Å². The van der Waals surface area contributed by atoms with Gasteiger partial charge in [-0.3, -0.25) is 19.8 Å². The van der Waals surface area contributed by atoms with Gasteiger partial charge in [-0.15, -0.1) is 0 Å². The molecule has 1 saturated heterocycles. The molecule has 1 spiro atoms. The van der Waals surface area contributed by atoms with Crippen LogP contribution in [0.15, 0.2) is 0 Å². The molecule has 1 saturated carbocycles. The summed E-state index contributed by atoms with van der Waals surface area (Å²) in [4.78, 5) is 37.6. The van der Waals surface area contributed by atoms with Crippen LogP contribution in [0.5, 0.6) is 0 Å². The Hall–Kier alpha value is -1.39. The fraction of sp³-hybridized carbons (Fsp3) is 0.786. The van der Waals surface area contributed by atoms with Crippen LogP contribution in [0.25, 0.3) is 0 Å². The molecule has 5 nitrogen and oxygen atoms in total. The number of carbonyl (C=O) groups is 3. The van der Waals surface area contributed by atoms with Gasteiger partial charge in [0.15, 0.2) is 0 Å². The zero-order chi connectivity index (χ0) is 14.3. The second kappa shape index (κ2) is 4.62. The van der Waals surface area contributed by atoms with Gasteiger partial charge >= 0.3 is 6.03 Å². The Morgan fingerprint density at radius 1 is 1.16 bits per heavy atom. The van der Waals surface area contributed by atoms with Crippen LogP contribution in [0.1, 0.15) is 52.9 Å². The van der Waals surface area contributed by atoms with Crippen molar-refractivity contribution in [1.29, 1.82) is 0 Å². The molecule has 5 heteroatoms. The third kappa shape index (κ3) is 2.51. The lowest BCUT2D eigenvalue weighted by atomic mass is 9.81. The van der Waals surface area contributed by atoms with Crippen LogP contribution in [0.4, 0.5) is 4.79 Å². The SMILES string of the molecule is CC(C)(C)CCN1C(=O)NC(=O)C2(CCCC2)C1=O. The highest BCUT2D eigenvalue weighted by Crippen LogP contribution is 2.42. The van der Waals surface area contributed by atoms with Crippen LogP contribution in [0, 0.1) is 10.8 Å². The van der Waals surface area contributed by atoms with Crippen molar-refractivity contribution in [3.8, 4) is 0 Å².